The number of hydrogen-bond donors (Lipinski definition) is 1. The molecule has 1 fully saturated rings. The van der Waals surface area contributed by atoms with Crippen LogP contribution in [0.25, 0.3) is 0 Å². The summed E-state index contributed by atoms with van der Waals surface area (Å²) in [6.45, 7) is 3.81. The third kappa shape index (κ3) is 4.91. The van der Waals surface area contributed by atoms with Crippen molar-refractivity contribution in [1.29, 1.82) is 0 Å². The Morgan fingerprint density at radius 2 is 2.07 bits per heavy atom. The van der Waals surface area contributed by atoms with Gasteiger partial charge in [-0.3, -0.25) is 14.6 Å². The molecule has 1 N–H and O–H groups in total. The van der Waals surface area contributed by atoms with Crippen molar-refractivity contribution in [2.45, 2.75) is 19.3 Å². The molecule has 0 spiro atoms. The molecule has 0 aromatic carbocycles. The van der Waals surface area contributed by atoms with E-state index in [-0.39, 0.29) is 17.7 Å². The molecule has 1 atom stereocenters. The monoisotopic (exact) mass is 412 g/mol. The van der Waals surface area contributed by atoms with E-state index in [9.17, 15) is 9.59 Å². The number of methoxy groups -OCH3 is 1. The van der Waals surface area contributed by atoms with Crippen molar-refractivity contribution in [2.24, 2.45) is 0 Å². The highest BCUT2D eigenvalue weighted by atomic mass is 16.5. The molecule has 0 saturated carbocycles. The van der Waals surface area contributed by atoms with Gasteiger partial charge in [0, 0.05) is 64.8 Å². The summed E-state index contributed by atoms with van der Waals surface area (Å²) < 4.78 is 5.00. The van der Waals surface area contributed by atoms with Crippen molar-refractivity contribution in [1.82, 2.24) is 25.2 Å². The molecule has 2 amide bonds. The van der Waals surface area contributed by atoms with E-state index in [0.717, 1.165) is 12.1 Å². The number of likely N-dealkylation sites (tertiary alicyclic amines) is 1. The number of anilines is 1. The summed E-state index contributed by atoms with van der Waals surface area (Å²) in [5.41, 5.74) is 2.54. The molecule has 9 nitrogen and oxygen atoms in total. The highest BCUT2D eigenvalue weighted by Crippen LogP contribution is 2.30. The summed E-state index contributed by atoms with van der Waals surface area (Å²) in [4.78, 5) is 42.3. The second kappa shape index (κ2) is 9.62. The average molecular weight is 412 g/mol. The minimum Gasteiger partial charge on any atom is -0.383 e. The fraction of sp³-hybridized carbons (Fsp3) is 0.476. The van der Waals surface area contributed by atoms with Gasteiger partial charge in [-0.2, -0.15) is 0 Å². The summed E-state index contributed by atoms with van der Waals surface area (Å²) in [5, 5.41) is 2.83. The van der Waals surface area contributed by atoms with E-state index in [0.29, 0.717) is 49.0 Å². The quantitative estimate of drug-likeness (QED) is 0.683. The zero-order valence-electron chi connectivity index (χ0n) is 17.9. The first-order valence-corrected chi connectivity index (χ1v) is 9.94. The minimum atomic E-state index is -0.236. The molecule has 1 saturated heterocycles. The Morgan fingerprint density at radius 3 is 2.73 bits per heavy atom. The van der Waals surface area contributed by atoms with Gasteiger partial charge in [-0.25, -0.2) is 9.97 Å². The molecule has 0 bridgehead atoms. The predicted molar refractivity (Wildman–Crippen MR) is 113 cm³/mol. The Bertz CT molecular complexity index is 900. The van der Waals surface area contributed by atoms with Gasteiger partial charge in [-0.05, 0) is 25.5 Å². The van der Waals surface area contributed by atoms with Gasteiger partial charge in [-0.15, -0.1) is 0 Å². The van der Waals surface area contributed by atoms with Gasteiger partial charge >= 0.3 is 0 Å². The van der Waals surface area contributed by atoms with Crippen LogP contribution in [0.2, 0.25) is 0 Å². The van der Waals surface area contributed by atoms with Crippen LogP contribution in [0.4, 0.5) is 5.95 Å². The van der Waals surface area contributed by atoms with Gasteiger partial charge in [0.15, 0.2) is 0 Å². The number of amides is 2. The van der Waals surface area contributed by atoms with E-state index in [1.54, 1.807) is 35.4 Å². The van der Waals surface area contributed by atoms with E-state index >= 15 is 0 Å². The molecule has 3 heterocycles. The molecule has 3 rings (SSSR count). The first-order valence-electron chi connectivity index (χ1n) is 9.94. The van der Waals surface area contributed by atoms with Gasteiger partial charge in [0.2, 0.25) is 5.95 Å². The Morgan fingerprint density at radius 1 is 1.27 bits per heavy atom. The molecule has 1 unspecified atom stereocenters. The summed E-state index contributed by atoms with van der Waals surface area (Å²) in [6.07, 6.45) is 3.90. The third-order valence-corrected chi connectivity index (χ3v) is 5.06. The Labute approximate surface area is 176 Å². The van der Waals surface area contributed by atoms with E-state index in [1.807, 2.05) is 27.1 Å². The predicted octanol–water partition coefficient (Wildman–Crippen LogP) is 1.25. The van der Waals surface area contributed by atoms with Gasteiger partial charge in [0.25, 0.3) is 11.8 Å². The highest BCUT2D eigenvalue weighted by Gasteiger charge is 2.32. The molecule has 30 heavy (non-hydrogen) atoms. The number of ether oxygens (including phenoxy) is 1. The van der Waals surface area contributed by atoms with E-state index in [4.69, 9.17) is 4.74 Å². The van der Waals surface area contributed by atoms with Gasteiger partial charge in [0.05, 0.1) is 23.4 Å². The van der Waals surface area contributed by atoms with Crippen molar-refractivity contribution in [3.63, 3.8) is 0 Å². The number of aromatic nitrogens is 3. The number of carbonyl (C=O) groups is 2. The van der Waals surface area contributed by atoms with Crippen molar-refractivity contribution >= 4 is 17.8 Å². The maximum atomic E-state index is 12.9. The number of pyridine rings is 1. The topological polar surface area (TPSA) is 101 Å². The zero-order valence-corrected chi connectivity index (χ0v) is 17.9. The smallest absolute Gasteiger partial charge is 0.255 e. The lowest BCUT2D eigenvalue weighted by molar-refractivity contribution is 0.0790. The average Bonchev–Trinajstić information content (AvgIpc) is 3.23. The summed E-state index contributed by atoms with van der Waals surface area (Å²) in [6, 6.07) is 3.62. The molecule has 2 aromatic heterocycles. The molecule has 0 aliphatic carbocycles. The van der Waals surface area contributed by atoms with Crippen LogP contribution in [-0.2, 0) is 4.74 Å². The van der Waals surface area contributed by atoms with Crippen molar-refractivity contribution < 1.29 is 14.3 Å². The minimum absolute atomic E-state index is 0.0442. The lowest BCUT2D eigenvalue weighted by Gasteiger charge is -2.19. The number of nitrogens with zero attached hydrogens (tertiary/aromatic N) is 5. The molecule has 1 aliphatic rings. The van der Waals surface area contributed by atoms with Crippen LogP contribution < -0.4 is 10.2 Å². The van der Waals surface area contributed by atoms with Gasteiger partial charge in [-0.1, -0.05) is 0 Å². The molecule has 1 aliphatic heterocycles. The van der Waals surface area contributed by atoms with E-state index in [1.165, 1.54) is 0 Å². The zero-order chi connectivity index (χ0) is 21.7. The van der Waals surface area contributed by atoms with Crippen molar-refractivity contribution in [3.05, 3.63) is 47.0 Å². The van der Waals surface area contributed by atoms with Gasteiger partial charge < -0.3 is 19.9 Å². The van der Waals surface area contributed by atoms with Gasteiger partial charge in [0.1, 0.15) is 0 Å². The summed E-state index contributed by atoms with van der Waals surface area (Å²) in [7, 11) is 5.29. The number of nitrogens with one attached hydrogen (secondary N) is 1. The normalized spacial score (nSPS) is 15.9. The fourth-order valence-corrected chi connectivity index (χ4v) is 3.39. The van der Waals surface area contributed by atoms with Crippen LogP contribution in [0.5, 0.6) is 0 Å². The molecule has 160 valence electrons. The lowest BCUT2D eigenvalue weighted by atomic mass is 9.99. The Kier molecular flexibility index (Phi) is 6.94. The van der Waals surface area contributed by atoms with Crippen LogP contribution >= 0.6 is 0 Å². The Balaban J connectivity index is 1.81. The maximum Gasteiger partial charge on any atom is 0.255 e. The van der Waals surface area contributed by atoms with Crippen LogP contribution in [0, 0.1) is 6.92 Å². The van der Waals surface area contributed by atoms with E-state index < -0.39 is 0 Å². The van der Waals surface area contributed by atoms with Crippen LogP contribution in [0.3, 0.4) is 0 Å². The summed E-state index contributed by atoms with van der Waals surface area (Å²) >= 11 is 0. The second-order valence-corrected chi connectivity index (χ2v) is 7.54. The first kappa shape index (κ1) is 21.6. The van der Waals surface area contributed by atoms with Crippen molar-refractivity contribution in [2.75, 3.05) is 52.3 Å². The Hall–Kier alpha value is -3.07. The lowest BCUT2D eigenvalue weighted by Crippen LogP contribution is -2.31. The largest absolute Gasteiger partial charge is 0.383 e. The molecule has 9 heteroatoms. The molecular formula is C21H28N6O3. The second-order valence-electron chi connectivity index (χ2n) is 7.54. The standard InChI is InChI=1S/C21H28N6O3/c1-14-5-6-15(11-23-14)20(29)27-9-7-16(13-27)18-17(19(28)22-8-10-30-4)12-24-21(25-18)26(2)3/h5-6,11-12,16H,7-10,13H2,1-4H3,(H,22,28). The van der Waals surface area contributed by atoms with Crippen LogP contribution in [0.15, 0.2) is 24.5 Å². The number of carbonyl (C=O) groups excluding carboxylic acids is 2. The third-order valence-electron chi connectivity index (χ3n) is 5.06. The number of rotatable bonds is 7. The first-order chi connectivity index (χ1) is 14.4. The summed E-state index contributed by atoms with van der Waals surface area (Å²) in [5.74, 6) is 0.195. The van der Waals surface area contributed by atoms with Crippen molar-refractivity contribution in [3.8, 4) is 0 Å². The molecular weight excluding hydrogens is 384 g/mol. The maximum absolute atomic E-state index is 12.9. The van der Waals surface area contributed by atoms with Crippen LogP contribution in [0.1, 0.15) is 44.4 Å². The fourth-order valence-electron chi connectivity index (χ4n) is 3.39. The van der Waals surface area contributed by atoms with Crippen LogP contribution in [-0.4, -0.2) is 79.1 Å². The molecule has 2 aromatic rings. The van der Waals surface area contributed by atoms with E-state index in [2.05, 4.69) is 20.3 Å². The number of aryl methyl sites for hydroxylation is 1. The highest BCUT2D eigenvalue weighted by molar-refractivity contribution is 5.96. The number of hydrogen-bond acceptors (Lipinski definition) is 7. The molecule has 0 radical (unpaired) electrons. The SMILES string of the molecule is COCCNC(=O)c1cnc(N(C)C)nc1C1CCN(C(=O)c2ccc(C)nc2)C1.